The van der Waals surface area contributed by atoms with Crippen LogP contribution in [-0.4, -0.2) is 49.8 Å². The second kappa shape index (κ2) is 15.5. The number of aliphatic hydroxyl groups excluding tert-OH is 1. The molecule has 0 spiro atoms. The van der Waals surface area contributed by atoms with Crippen molar-refractivity contribution in [3.8, 4) is 16.9 Å². The lowest BCUT2D eigenvalue weighted by atomic mass is 9.84. The van der Waals surface area contributed by atoms with Gasteiger partial charge in [-0.3, -0.25) is 4.79 Å². The van der Waals surface area contributed by atoms with Gasteiger partial charge in [0.05, 0.1) is 17.3 Å². The first-order chi connectivity index (χ1) is 24.3. The zero-order chi connectivity index (χ0) is 35.0. The van der Waals surface area contributed by atoms with Crippen LogP contribution in [0.4, 0.5) is 4.39 Å². The normalized spacial score (nSPS) is 17.1. The molecule has 2 N–H and O–H groups in total. The van der Waals surface area contributed by atoms with Crippen LogP contribution in [0.3, 0.4) is 0 Å². The Labute approximate surface area is 291 Å². The van der Waals surface area contributed by atoms with E-state index in [1.165, 1.54) is 24.3 Å². The Morgan fingerprint density at radius 3 is 2.18 bits per heavy atom. The Kier molecular flexibility index (Phi) is 10.7. The quantitative estimate of drug-likeness (QED) is 0.125. The molecule has 0 bridgehead atoms. The van der Waals surface area contributed by atoms with Crippen LogP contribution in [0.5, 0.6) is 5.75 Å². The van der Waals surface area contributed by atoms with Crippen LogP contribution in [0.1, 0.15) is 35.6 Å². The Bertz CT molecular complexity index is 2040. The van der Waals surface area contributed by atoms with E-state index < -0.39 is 33.2 Å². The van der Waals surface area contributed by atoms with Gasteiger partial charge in [-0.25, -0.2) is 17.8 Å². The zero-order valence-electron chi connectivity index (χ0n) is 27.2. The van der Waals surface area contributed by atoms with Crippen LogP contribution in [-0.2, 0) is 25.9 Å². The maximum absolute atomic E-state index is 14.5. The van der Waals surface area contributed by atoms with Gasteiger partial charge in [-0.2, -0.15) is 0 Å². The predicted octanol–water partition coefficient (Wildman–Crippen LogP) is 6.69. The highest BCUT2D eigenvalue weighted by Gasteiger charge is 2.53. The molecular weight excluding hydrogens is 656 g/mol. The molecule has 2 atom stereocenters. The molecule has 0 saturated carbocycles. The molecule has 1 amide bonds. The molecule has 10 heteroatoms. The predicted molar refractivity (Wildman–Crippen MR) is 190 cm³/mol. The lowest BCUT2D eigenvalue weighted by Gasteiger charge is -2.30. The molecule has 1 heterocycles. The van der Waals surface area contributed by atoms with Crippen LogP contribution in [0.25, 0.3) is 11.1 Å². The fraction of sp³-hybridized carbons (Fsp3) is 0.200. The lowest BCUT2D eigenvalue weighted by Crippen LogP contribution is -2.49. The second-order valence-electron chi connectivity index (χ2n) is 12.0. The maximum Gasteiger partial charge on any atom is 0.252 e. The fourth-order valence-electron chi connectivity index (χ4n) is 5.87. The van der Waals surface area contributed by atoms with Gasteiger partial charge in [0, 0.05) is 31.6 Å². The van der Waals surface area contributed by atoms with Crippen molar-refractivity contribution in [2.75, 3.05) is 19.0 Å². The van der Waals surface area contributed by atoms with E-state index in [0.29, 0.717) is 35.5 Å². The molecule has 0 fully saturated rings. The Morgan fingerprint density at radius 2 is 1.50 bits per heavy atom. The van der Waals surface area contributed by atoms with E-state index in [0.717, 1.165) is 11.1 Å². The van der Waals surface area contributed by atoms with E-state index in [-0.39, 0.29) is 36.1 Å². The number of halogens is 1. The van der Waals surface area contributed by atoms with Crippen LogP contribution in [0, 0.1) is 5.82 Å². The number of carbonyl (C=O) groups excluding carboxylic acids is 1. The number of benzene rings is 5. The summed E-state index contributed by atoms with van der Waals surface area (Å²) in [4.78, 5) is 19.6. The average Bonchev–Trinajstić information content (AvgIpc) is 3.55. The fourth-order valence-corrected chi connectivity index (χ4v) is 7.26. The molecule has 1 aliphatic rings. The molecule has 0 saturated heterocycles. The molecular formula is C40H37FN2O6S. The van der Waals surface area contributed by atoms with Crippen molar-refractivity contribution in [1.82, 2.24) is 5.32 Å². The molecule has 5 aromatic rings. The van der Waals surface area contributed by atoms with Gasteiger partial charge in [0.1, 0.15) is 11.6 Å². The van der Waals surface area contributed by atoms with E-state index >= 15 is 0 Å². The van der Waals surface area contributed by atoms with Crippen LogP contribution in [0.15, 0.2) is 143 Å². The summed E-state index contributed by atoms with van der Waals surface area (Å²) in [5.41, 5.74) is 1.99. The second-order valence-corrected chi connectivity index (χ2v) is 14.1. The summed E-state index contributed by atoms with van der Waals surface area (Å²) in [6.45, 7) is 0.354. The van der Waals surface area contributed by atoms with Crippen molar-refractivity contribution in [2.24, 2.45) is 4.99 Å². The maximum atomic E-state index is 14.5. The lowest BCUT2D eigenvalue weighted by molar-refractivity contribution is -0.129. The van der Waals surface area contributed by atoms with E-state index in [1.54, 1.807) is 54.6 Å². The smallest absolute Gasteiger partial charge is 0.252 e. The summed E-state index contributed by atoms with van der Waals surface area (Å²) >= 11 is 0. The highest BCUT2D eigenvalue weighted by molar-refractivity contribution is 7.91. The number of amides is 1. The first-order valence-electron chi connectivity index (χ1n) is 16.3. The number of sulfone groups is 1. The highest BCUT2D eigenvalue weighted by atomic mass is 32.2. The number of hydrogen-bond acceptors (Lipinski definition) is 7. The molecule has 50 heavy (non-hydrogen) atoms. The third-order valence-corrected chi connectivity index (χ3v) is 10.3. The first kappa shape index (κ1) is 34.5. The summed E-state index contributed by atoms with van der Waals surface area (Å²) in [5, 5.41) is 12.0. The third-order valence-electron chi connectivity index (χ3n) is 8.55. The van der Waals surface area contributed by atoms with Crippen molar-refractivity contribution in [2.45, 2.75) is 35.9 Å². The van der Waals surface area contributed by atoms with E-state index in [2.05, 4.69) is 5.32 Å². The standard InChI is InChI=1S/C40H37FN2O6S/c41-34-12-7-9-29(27-34)28-42-39(45)40(23-26-50(46,47)36-13-5-2-6-14-36)37(32-17-15-31(16-18-32)30-10-3-1-4-11-30)49-38(43-40)33-19-21-35(22-20-33)48-25-8-24-44/h1-7,9-22,27,37,44H,8,23-26,28H2,(H,42,45)/t37-,40-/m1/s1. The number of ether oxygens (including phenoxy) is 2. The minimum atomic E-state index is -3.83. The van der Waals surface area contributed by atoms with Gasteiger partial charge in [-0.1, -0.05) is 84.9 Å². The number of aliphatic imine (C=N–C) groups is 1. The van der Waals surface area contributed by atoms with Gasteiger partial charge in [-0.15, -0.1) is 0 Å². The summed E-state index contributed by atoms with van der Waals surface area (Å²) in [7, 11) is -3.83. The largest absolute Gasteiger partial charge is 0.494 e. The summed E-state index contributed by atoms with van der Waals surface area (Å²) in [6, 6.07) is 38.4. The molecule has 0 radical (unpaired) electrons. The van der Waals surface area contributed by atoms with Crippen molar-refractivity contribution in [1.29, 1.82) is 0 Å². The third kappa shape index (κ3) is 7.93. The molecule has 0 aliphatic carbocycles. The summed E-state index contributed by atoms with van der Waals surface area (Å²) in [5.74, 6) is -0.629. The monoisotopic (exact) mass is 692 g/mol. The Balaban J connectivity index is 1.40. The SMILES string of the molecule is O=C(NCc1cccc(F)c1)[C@]1(CCS(=O)(=O)c2ccccc2)N=C(c2ccc(OCCCO)cc2)O[C@@H]1c1ccc(-c2ccccc2)cc1. The molecule has 0 unspecified atom stereocenters. The van der Waals surface area contributed by atoms with Gasteiger partial charge in [0.2, 0.25) is 5.90 Å². The van der Waals surface area contributed by atoms with Gasteiger partial charge >= 0.3 is 0 Å². The topological polar surface area (TPSA) is 114 Å². The van der Waals surface area contributed by atoms with Gasteiger partial charge in [0.15, 0.2) is 21.5 Å². The molecule has 6 rings (SSSR count). The molecule has 5 aromatic carbocycles. The Hall–Kier alpha value is -5.32. The average molecular weight is 693 g/mol. The number of nitrogens with one attached hydrogen (secondary N) is 1. The molecule has 1 aliphatic heterocycles. The van der Waals surface area contributed by atoms with Crippen LogP contribution in [0.2, 0.25) is 0 Å². The minimum absolute atomic E-state index is 0.00578. The Morgan fingerprint density at radius 1 is 0.840 bits per heavy atom. The number of rotatable bonds is 14. The summed E-state index contributed by atoms with van der Waals surface area (Å²) in [6.07, 6.45) is -0.709. The van der Waals surface area contributed by atoms with Crippen molar-refractivity contribution < 1.29 is 32.2 Å². The van der Waals surface area contributed by atoms with Crippen molar-refractivity contribution in [3.05, 3.63) is 156 Å². The van der Waals surface area contributed by atoms with Crippen molar-refractivity contribution in [3.63, 3.8) is 0 Å². The van der Waals surface area contributed by atoms with Crippen LogP contribution >= 0.6 is 0 Å². The van der Waals surface area contributed by atoms with Gasteiger partial charge in [-0.05, 0) is 70.8 Å². The molecule has 8 nitrogen and oxygen atoms in total. The number of hydrogen-bond donors (Lipinski definition) is 2. The van der Waals surface area contributed by atoms with Crippen molar-refractivity contribution >= 4 is 21.6 Å². The van der Waals surface area contributed by atoms with Crippen LogP contribution < -0.4 is 10.1 Å². The first-order valence-corrected chi connectivity index (χ1v) is 18.0. The van der Waals surface area contributed by atoms with Gasteiger partial charge < -0.3 is 19.9 Å². The number of carbonyl (C=O) groups is 1. The van der Waals surface area contributed by atoms with Gasteiger partial charge in [0.25, 0.3) is 5.91 Å². The summed E-state index contributed by atoms with van der Waals surface area (Å²) < 4.78 is 53.5. The molecule has 256 valence electrons. The van der Waals surface area contributed by atoms with E-state index in [9.17, 15) is 17.6 Å². The minimum Gasteiger partial charge on any atom is -0.494 e. The van der Waals surface area contributed by atoms with E-state index in [1.807, 2.05) is 54.6 Å². The molecule has 0 aromatic heterocycles. The zero-order valence-corrected chi connectivity index (χ0v) is 28.1. The van der Waals surface area contributed by atoms with E-state index in [4.69, 9.17) is 19.6 Å². The number of aliphatic hydroxyl groups is 1. The highest BCUT2D eigenvalue weighted by Crippen LogP contribution is 2.43. The number of nitrogens with zero attached hydrogens (tertiary/aromatic N) is 1.